The number of amides is 1. The zero-order valence-electron chi connectivity index (χ0n) is 12.9. The molecular weight excluding hydrogens is 286 g/mol. The van der Waals surface area contributed by atoms with Gasteiger partial charge in [0.25, 0.3) is 5.91 Å². The number of fused-ring (bicyclic) bond motifs is 1. The molecule has 1 aromatic rings. The first-order valence-electron chi connectivity index (χ1n) is 7.53. The van der Waals surface area contributed by atoms with E-state index in [-0.39, 0.29) is 11.3 Å². The number of hydrogen-bond acceptors (Lipinski definition) is 4. The smallest absolute Gasteiger partial charge is 0.274 e. The number of ether oxygens (including phenoxy) is 1. The van der Waals surface area contributed by atoms with Crippen molar-refractivity contribution >= 4 is 17.7 Å². The van der Waals surface area contributed by atoms with Gasteiger partial charge in [0.1, 0.15) is 5.69 Å². The van der Waals surface area contributed by atoms with Crippen LogP contribution in [0.25, 0.3) is 0 Å². The topological polar surface area (TPSA) is 58.2 Å². The summed E-state index contributed by atoms with van der Waals surface area (Å²) in [7, 11) is 0. The minimum absolute atomic E-state index is 0.0233. The van der Waals surface area contributed by atoms with E-state index in [4.69, 9.17) is 4.74 Å². The number of aromatic nitrogens is 2. The van der Waals surface area contributed by atoms with E-state index in [1.807, 2.05) is 22.7 Å². The summed E-state index contributed by atoms with van der Waals surface area (Å²) in [5.74, 6) is 1.03. The normalized spacial score (nSPS) is 26.5. The highest BCUT2D eigenvalue weighted by Crippen LogP contribution is 2.31. The third-order valence-electron chi connectivity index (χ3n) is 4.20. The Morgan fingerprint density at radius 2 is 2.33 bits per heavy atom. The van der Waals surface area contributed by atoms with Crippen molar-refractivity contribution in [1.29, 1.82) is 0 Å². The lowest BCUT2D eigenvalue weighted by Crippen LogP contribution is -2.54. The summed E-state index contributed by atoms with van der Waals surface area (Å²) in [6.45, 7) is 8.65. The van der Waals surface area contributed by atoms with E-state index in [1.54, 1.807) is 0 Å². The maximum absolute atomic E-state index is 12.8. The number of H-pyrrole nitrogens is 1. The summed E-state index contributed by atoms with van der Waals surface area (Å²) in [5.41, 5.74) is 1.52. The van der Waals surface area contributed by atoms with Crippen LogP contribution in [0.4, 0.5) is 0 Å². The van der Waals surface area contributed by atoms with E-state index in [9.17, 15) is 4.79 Å². The first kappa shape index (κ1) is 14.9. The first-order valence-corrected chi connectivity index (χ1v) is 8.58. The van der Waals surface area contributed by atoms with Crippen molar-refractivity contribution in [1.82, 2.24) is 15.1 Å². The number of nitrogens with zero attached hydrogens (tertiary/aromatic N) is 2. The van der Waals surface area contributed by atoms with Crippen LogP contribution in [-0.4, -0.2) is 57.8 Å². The largest absolute Gasteiger partial charge is 0.380 e. The maximum Gasteiger partial charge on any atom is 0.274 e. The fourth-order valence-electron chi connectivity index (χ4n) is 2.90. The molecule has 0 saturated carbocycles. The Morgan fingerprint density at radius 1 is 1.52 bits per heavy atom. The monoisotopic (exact) mass is 309 g/mol. The van der Waals surface area contributed by atoms with Gasteiger partial charge in [0.2, 0.25) is 0 Å². The van der Waals surface area contributed by atoms with Crippen molar-refractivity contribution in [3.05, 3.63) is 17.5 Å². The molecule has 2 aliphatic rings. The Kier molecular flexibility index (Phi) is 4.01. The van der Waals surface area contributed by atoms with Gasteiger partial charge in [0, 0.05) is 41.3 Å². The van der Waals surface area contributed by atoms with Gasteiger partial charge in [-0.3, -0.25) is 9.89 Å². The van der Waals surface area contributed by atoms with Gasteiger partial charge < -0.3 is 9.64 Å². The molecule has 0 radical (unpaired) electrons. The fraction of sp³-hybridized carbons (Fsp3) is 0.733. The minimum Gasteiger partial charge on any atom is -0.380 e. The number of thioether (sulfide) groups is 1. The molecule has 1 aromatic heterocycles. The molecule has 3 heterocycles. The molecule has 21 heavy (non-hydrogen) atoms. The second-order valence-electron chi connectivity index (χ2n) is 6.76. The van der Waals surface area contributed by atoms with Crippen LogP contribution in [0.1, 0.15) is 43.4 Å². The van der Waals surface area contributed by atoms with Gasteiger partial charge in [-0.1, -0.05) is 20.8 Å². The molecule has 0 bridgehead atoms. The molecule has 116 valence electrons. The molecule has 0 aromatic carbocycles. The molecular formula is C15H23N3O2S. The standard InChI is InChI=1S/C15H23N3O2S/c1-15(2,3)13-8-10(16-17-13)14(19)18-5-7-21-12-9-20-6-4-11(12)18/h8,11-12H,4-7,9H2,1-3H3,(H,16,17)/t11-,12-/m1/s1. The molecule has 0 aliphatic carbocycles. The van der Waals surface area contributed by atoms with E-state index in [2.05, 4.69) is 31.0 Å². The highest BCUT2D eigenvalue weighted by atomic mass is 32.2. The van der Waals surface area contributed by atoms with Crippen molar-refractivity contribution in [2.24, 2.45) is 0 Å². The lowest BCUT2D eigenvalue weighted by Gasteiger charge is -2.43. The number of hydrogen-bond donors (Lipinski definition) is 1. The summed E-state index contributed by atoms with van der Waals surface area (Å²) in [5, 5.41) is 7.67. The summed E-state index contributed by atoms with van der Waals surface area (Å²) >= 11 is 1.93. The Bertz CT molecular complexity index is 521. The zero-order chi connectivity index (χ0) is 15.0. The number of nitrogens with one attached hydrogen (secondary N) is 1. The van der Waals surface area contributed by atoms with Crippen LogP contribution in [0, 0.1) is 0 Å². The quantitative estimate of drug-likeness (QED) is 0.862. The van der Waals surface area contributed by atoms with Crippen LogP contribution in [0.2, 0.25) is 0 Å². The van der Waals surface area contributed by atoms with Gasteiger partial charge in [0.15, 0.2) is 0 Å². The number of carbonyl (C=O) groups is 1. The zero-order valence-corrected chi connectivity index (χ0v) is 13.7. The van der Waals surface area contributed by atoms with Gasteiger partial charge in [-0.05, 0) is 12.5 Å². The van der Waals surface area contributed by atoms with Gasteiger partial charge in [-0.25, -0.2) is 0 Å². The minimum atomic E-state index is -0.0233. The summed E-state index contributed by atoms with van der Waals surface area (Å²) < 4.78 is 5.54. The molecule has 2 atom stereocenters. The summed E-state index contributed by atoms with van der Waals surface area (Å²) in [6.07, 6.45) is 0.931. The molecule has 1 amide bonds. The first-order chi connectivity index (χ1) is 9.97. The molecule has 2 aliphatic heterocycles. The highest BCUT2D eigenvalue weighted by molar-refractivity contribution is 8.00. The van der Waals surface area contributed by atoms with E-state index in [0.29, 0.717) is 17.0 Å². The fourth-order valence-corrected chi connectivity index (χ4v) is 4.20. The van der Waals surface area contributed by atoms with Crippen LogP contribution < -0.4 is 0 Å². The molecule has 2 saturated heterocycles. The number of aromatic amines is 1. The molecule has 0 spiro atoms. The predicted octanol–water partition coefficient (Wildman–Crippen LogP) is 2.05. The molecule has 5 nitrogen and oxygen atoms in total. The highest BCUT2D eigenvalue weighted by Gasteiger charge is 2.38. The van der Waals surface area contributed by atoms with Gasteiger partial charge in [0.05, 0.1) is 6.61 Å². The average Bonchev–Trinajstić information content (AvgIpc) is 2.96. The van der Waals surface area contributed by atoms with Crippen molar-refractivity contribution in [3.63, 3.8) is 0 Å². The van der Waals surface area contributed by atoms with Gasteiger partial charge in [-0.2, -0.15) is 16.9 Å². The molecule has 2 fully saturated rings. The van der Waals surface area contributed by atoms with Crippen LogP contribution >= 0.6 is 11.8 Å². The van der Waals surface area contributed by atoms with E-state index in [1.165, 1.54) is 0 Å². The summed E-state index contributed by atoms with van der Waals surface area (Å²) in [6, 6.07) is 2.19. The van der Waals surface area contributed by atoms with Crippen LogP contribution in [0.3, 0.4) is 0 Å². The van der Waals surface area contributed by atoms with Crippen LogP contribution in [0.5, 0.6) is 0 Å². The lowest BCUT2D eigenvalue weighted by atomic mass is 9.92. The number of carbonyl (C=O) groups excluding carboxylic acids is 1. The maximum atomic E-state index is 12.8. The van der Waals surface area contributed by atoms with E-state index >= 15 is 0 Å². The number of rotatable bonds is 1. The van der Waals surface area contributed by atoms with Crippen molar-refractivity contribution in [3.8, 4) is 0 Å². The van der Waals surface area contributed by atoms with E-state index in [0.717, 1.165) is 37.6 Å². The third kappa shape index (κ3) is 2.97. The van der Waals surface area contributed by atoms with Gasteiger partial charge >= 0.3 is 0 Å². The molecule has 0 unspecified atom stereocenters. The van der Waals surface area contributed by atoms with Crippen molar-refractivity contribution in [2.75, 3.05) is 25.5 Å². The second-order valence-corrected chi connectivity index (χ2v) is 8.10. The average molecular weight is 309 g/mol. The molecule has 6 heteroatoms. The SMILES string of the molecule is CC(C)(C)c1cc(C(=O)N2CCS[C@@H]3COCC[C@H]32)n[nH]1. The Morgan fingerprint density at radius 3 is 3.05 bits per heavy atom. The van der Waals surface area contributed by atoms with E-state index < -0.39 is 0 Å². The lowest BCUT2D eigenvalue weighted by molar-refractivity contribution is 0.0315. The molecule has 1 N–H and O–H groups in total. The van der Waals surface area contributed by atoms with Crippen molar-refractivity contribution < 1.29 is 9.53 Å². The third-order valence-corrected chi connectivity index (χ3v) is 5.50. The Balaban J connectivity index is 1.79. The van der Waals surface area contributed by atoms with Gasteiger partial charge in [-0.15, -0.1) is 0 Å². The predicted molar refractivity (Wildman–Crippen MR) is 83.8 cm³/mol. The van der Waals surface area contributed by atoms with Crippen molar-refractivity contribution in [2.45, 2.75) is 43.9 Å². The Hall–Kier alpha value is -1.01. The van der Waals surface area contributed by atoms with Crippen LogP contribution in [-0.2, 0) is 10.2 Å². The summed E-state index contributed by atoms with van der Waals surface area (Å²) in [4.78, 5) is 14.8. The molecule has 3 rings (SSSR count). The second kappa shape index (κ2) is 5.65. The van der Waals surface area contributed by atoms with Crippen LogP contribution in [0.15, 0.2) is 6.07 Å². The Labute approximate surface area is 129 Å².